The predicted molar refractivity (Wildman–Crippen MR) is 169 cm³/mol. The number of para-hydroxylation sites is 1. The summed E-state index contributed by atoms with van der Waals surface area (Å²) in [7, 11) is -2.62. The third kappa shape index (κ3) is 6.91. The Morgan fingerprint density at radius 2 is 1.89 bits per heavy atom. The minimum Gasteiger partial charge on any atom is -0.486 e. The second-order valence-corrected chi connectivity index (χ2v) is 13.9. The van der Waals surface area contributed by atoms with Gasteiger partial charge in [-0.05, 0) is 55.5 Å². The molecule has 0 spiro atoms. The minimum atomic E-state index is -4.01. The van der Waals surface area contributed by atoms with Crippen LogP contribution in [0.2, 0.25) is 0 Å². The number of sulfonamides is 1. The summed E-state index contributed by atoms with van der Waals surface area (Å²) in [5.41, 5.74) is 1.63. The van der Waals surface area contributed by atoms with E-state index in [9.17, 15) is 27.5 Å². The Balaban J connectivity index is 1.47. The molecule has 0 aliphatic carbocycles. The summed E-state index contributed by atoms with van der Waals surface area (Å²) in [5.74, 6) is -1.70. The van der Waals surface area contributed by atoms with E-state index in [2.05, 4.69) is 10.3 Å². The van der Waals surface area contributed by atoms with Gasteiger partial charge in [0.15, 0.2) is 5.75 Å². The highest BCUT2D eigenvalue weighted by Gasteiger charge is 2.36. The Labute approximate surface area is 265 Å². The van der Waals surface area contributed by atoms with Crippen LogP contribution in [-0.2, 0) is 10.0 Å². The normalized spacial score (nSPS) is 17.6. The first-order valence-corrected chi connectivity index (χ1v) is 16.6. The van der Waals surface area contributed by atoms with Crippen molar-refractivity contribution < 1.29 is 32.2 Å². The largest absolute Gasteiger partial charge is 0.486 e. The van der Waals surface area contributed by atoms with E-state index in [4.69, 9.17) is 4.74 Å². The van der Waals surface area contributed by atoms with E-state index in [0.29, 0.717) is 5.56 Å². The second kappa shape index (κ2) is 13.4. The van der Waals surface area contributed by atoms with Gasteiger partial charge in [-0.15, -0.1) is 11.3 Å². The number of carbonyl (C=O) groups is 2. The van der Waals surface area contributed by atoms with Crippen molar-refractivity contribution in [3.8, 4) is 16.3 Å². The lowest BCUT2D eigenvalue weighted by molar-refractivity contribution is 0.0388. The standard InChI is InChI=1S/C32H33FN4O6S2/c1-20-17-37(21(2)19-38)32(40)26-5-4-6-27(35-30(39)22-7-9-23(10-8-22)31-34-15-16-44-31)29(26)43-28(20)18-36(3)45(41,42)25-13-11-24(33)12-14-25/h4-16,20-21,28,38H,17-19H2,1-3H3,(H,35,39)/t20-,21-,28-/m0/s1. The van der Waals surface area contributed by atoms with Gasteiger partial charge in [0.05, 0.1) is 35.3 Å². The van der Waals surface area contributed by atoms with E-state index < -0.39 is 45.7 Å². The molecule has 2 heterocycles. The van der Waals surface area contributed by atoms with Crippen molar-refractivity contribution in [3.63, 3.8) is 0 Å². The summed E-state index contributed by atoms with van der Waals surface area (Å²) < 4.78 is 47.8. The Morgan fingerprint density at radius 3 is 2.53 bits per heavy atom. The maximum Gasteiger partial charge on any atom is 0.258 e. The van der Waals surface area contributed by atoms with Crippen LogP contribution in [0.1, 0.15) is 34.6 Å². The van der Waals surface area contributed by atoms with Crippen molar-refractivity contribution >= 4 is 38.9 Å². The zero-order chi connectivity index (χ0) is 32.3. The number of halogens is 1. The molecule has 13 heteroatoms. The first-order valence-electron chi connectivity index (χ1n) is 14.2. The Hall–Kier alpha value is -4.17. The van der Waals surface area contributed by atoms with Gasteiger partial charge in [0, 0.05) is 42.2 Å². The summed E-state index contributed by atoms with van der Waals surface area (Å²) in [6.07, 6.45) is 0.929. The molecule has 0 fully saturated rings. The second-order valence-electron chi connectivity index (χ2n) is 10.9. The number of aliphatic hydroxyl groups is 1. The lowest BCUT2D eigenvalue weighted by Gasteiger charge is -2.38. The van der Waals surface area contributed by atoms with E-state index >= 15 is 0 Å². The van der Waals surface area contributed by atoms with Gasteiger partial charge in [0.25, 0.3) is 11.8 Å². The molecule has 0 bridgehead atoms. The number of aromatic nitrogens is 1. The number of likely N-dealkylation sites (N-methyl/N-ethyl adjacent to an activating group) is 1. The van der Waals surface area contributed by atoms with Crippen LogP contribution >= 0.6 is 11.3 Å². The van der Waals surface area contributed by atoms with E-state index in [1.54, 1.807) is 55.6 Å². The third-order valence-corrected chi connectivity index (χ3v) is 10.4. The van der Waals surface area contributed by atoms with E-state index in [0.717, 1.165) is 27.0 Å². The van der Waals surface area contributed by atoms with Crippen LogP contribution in [0.3, 0.4) is 0 Å². The fourth-order valence-electron chi connectivity index (χ4n) is 5.02. The van der Waals surface area contributed by atoms with Gasteiger partial charge in [-0.3, -0.25) is 9.59 Å². The molecule has 5 rings (SSSR count). The van der Waals surface area contributed by atoms with E-state index in [-0.39, 0.29) is 41.6 Å². The van der Waals surface area contributed by atoms with Gasteiger partial charge >= 0.3 is 0 Å². The number of anilines is 1. The van der Waals surface area contributed by atoms with Crippen LogP contribution in [-0.4, -0.2) is 78.4 Å². The molecule has 0 unspecified atom stereocenters. The highest BCUT2D eigenvalue weighted by atomic mass is 32.2. The zero-order valence-corrected chi connectivity index (χ0v) is 26.5. The van der Waals surface area contributed by atoms with Crippen LogP contribution in [0.4, 0.5) is 10.1 Å². The van der Waals surface area contributed by atoms with Crippen LogP contribution < -0.4 is 10.1 Å². The number of fused-ring (bicyclic) bond motifs is 1. The van der Waals surface area contributed by atoms with Crippen molar-refractivity contribution in [1.82, 2.24) is 14.2 Å². The number of nitrogens with one attached hydrogen (secondary N) is 1. The molecule has 3 aromatic carbocycles. The first kappa shape index (κ1) is 32.2. The maximum absolute atomic E-state index is 13.8. The minimum absolute atomic E-state index is 0.0789. The quantitative estimate of drug-likeness (QED) is 0.267. The molecule has 2 N–H and O–H groups in total. The zero-order valence-electron chi connectivity index (χ0n) is 24.9. The summed E-state index contributed by atoms with van der Waals surface area (Å²) in [4.78, 5) is 32.9. The van der Waals surface area contributed by atoms with E-state index in [1.807, 2.05) is 12.3 Å². The molecule has 0 saturated heterocycles. The first-order chi connectivity index (χ1) is 21.5. The summed E-state index contributed by atoms with van der Waals surface area (Å²) in [5, 5.41) is 15.5. The van der Waals surface area contributed by atoms with Crippen LogP contribution in [0.5, 0.6) is 5.75 Å². The number of ether oxygens (including phenoxy) is 1. The smallest absolute Gasteiger partial charge is 0.258 e. The van der Waals surface area contributed by atoms with Gasteiger partial charge in [-0.1, -0.05) is 25.1 Å². The number of benzene rings is 3. The molecule has 1 aromatic heterocycles. The predicted octanol–water partition coefficient (Wildman–Crippen LogP) is 4.74. The highest BCUT2D eigenvalue weighted by Crippen LogP contribution is 2.35. The van der Waals surface area contributed by atoms with Crippen molar-refractivity contribution in [2.75, 3.05) is 32.1 Å². The number of carbonyl (C=O) groups excluding carboxylic acids is 2. The average molecular weight is 653 g/mol. The van der Waals surface area contributed by atoms with Gasteiger partial charge in [0.2, 0.25) is 10.0 Å². The molecule has 4 aromatic rings. The molecule has 0 saturated carbocycles. The van der Waals surface area contributed by atoms with Crippen LogP contribution in [0.25, 0.3) is 10.6 Å². The molecule has 3 atom stereocenters. The third-order valence-electron chi connectivity index (χ3n) is 7.72. The highest BCUT2D eigenvalue weighted by molar-refractivity contribution is 7.89. The summed E-state index contributed by atoms with van der Waals surface area (Å²) in [6, 6.07) is 15.7. The van der Waals surface area contributed by atoms with Crippen molar-refractivity contribution in [1.29, 1.82) is 0 Å². The van der Waals surface area contributed by atoms with Crippen molar-refractivity contribution in [2.24, 2.45) is 5.92 Å². The fourth-order valence-corrected chi connectivity index (χ4v) is 6.85. The summed E-state index contributed by atoms with van der Waals surface area (Å²) in [6.45, 7) is 3.32. The lowest BCUT2D eigenvalue weighted by atomic mass is 9.99. The monoisotopic (exact) mass is 652 g/mol. The lowest BCUT2D eigenvalue weighted by Crippen LogP contribution is -2.50. The Bertz CT molecular complexity index is 1770. The van der Waals surface area contributed by atoms with Crippen LogP contribution in [0.15, 0.2) is 83.2 Å². The maximum atomic E-state index is 13.8. The number of hydrogen-bond donors (Lipinski definition) is 2. The fraction of sp³-hybridized carbons (Fsp3) is 0.281. The number of amides is 2. The molecule has 1 aliphatic heterocycles. The molecule has 10 nitrogen and oxygen atoms in total. The Morgan fingerprint density at radius 1 is 1.18 bits per heavy atom. The van der Waals surface area contributed by atoms with Gasteiger partial charge in [-0.2, -0.15) is 4.31 Å². The van der Waals surface area contributed by atoms with Gasteiger partial charge < -0.3 is 20.1 Å². The number of aliphatic hydroxyl groups excluding tert-OH is 1. The molecular weight excluding hydrogens is 620 g/mol. The molecule has 2 amide bonds. The SMILES string of the molecule is C[C@H]1CN([C@@H](C)CO)C(=O)c2cccc(NC(=O)c3ccc(-c4nccs4)cc3)c2O[C@H]1CN(C)S(=O)(=O)c1ccc(F)cc1. The molecule has 1 aliphatic rings. The number of hydrogen-bond acceptors (Lipinski definition) is 8. The van der Waals surface area contributed by atoms with Crippen LogP contribution in [0, 0.1) is 11.7 Å². The number of thiazole rings is 1. The van der Waals surface area contributed by atoms with E-state index in [1.165, 1.54) is 35.4 Å². The van der Waals surface area contributed by atoms with Gasteiger partial charge in [0.1, 0.15) is 16.9 Å². The topological polar surface area (TPSA) is 129 Å². The van der Waals surface area contributed by atoms with Crippen molar-refractivity contribution in [2.45, 2.75) is 30.9 Å². The van der Waals surface area contributed by atoms with Gasteiger partial charge in [-0.25, -0.2) is 17.8 Å². The molecule has 236 valence electrons. The average Bonchev–Trinajstić information content (AvgIpc) is 3.58. The van der Waals surface area contributed by atoms with Crippen molar-refractivity contribution in [3.05, 3.63) is 95.3 Å². The molecular formula is C32H33FN4O6S2. The Kier molecular flexibility index (Phi) is 9.63. The molecule has 0 radical (unpaired) electrons. The summed E-state index contributed by atoms with van der Waals surface area (Å²) >= 11 is 1.49. The molecule has 45 heavy (non-hydrogen) atoms. The number of rotatable bonds is 9. The number of nitrogens with zero attached hydrogens (tertiary/aromatic N) is 3.